The van der Waals surface area contributed by atoms with Gasteiger partial charge in [0.05, 0.1) is 28.8 Å². The molecular weight excluding hydrogens is 496 g/mol. The smallest absolute Gasteiger partial charge is 0.251 e. The molecule has 1 aliphatic carbocycles. The van der Waals surface area contributed by atoms with Gasteiger partial charge in [0.1, 0.15) is 0 Å². The molecule has 0 unspecified atom stereocenters. The fourth-order valence-corrected chi connectivity index (χ4v) is 6.58. The van der Waals surface area contributed by atoms with Crippen LogP contribution in [-0.4, -0.2) is 75.1 Å². The van der Waals surface area contributed by atoms with E-state index in [2.05, 4.69) is 35.1 Å². The largest absolute Gasteiger partial charge is 0.378 e. The Bertz CT molecular complexity index is 1340. The number of Topliss-reactive ketones (excluding diaryl/α,β-unsaturated/α-hetero) is 1. The number of anilines is 1. The van der Waals surface area contributed by atoms with Crippen LogP contribution in [0, 0.1) is 5.41 Å². The van der Waals surface area contributed by atoms with Crippen LogP contribution in [0.25, 0.3) is 22.4 Å². The second-order valence-electron chi connectivity index (χ2n) is 11.2. The van der Waals surface area contributed by atoms with Crippen molar-refractivity contribution in [2.75, 3.05) is 58.4 Å². The first-order valence-electron chi connectivity index (χ1n) is 13.2. The van der Waals surface area contributed by atoms with Crippen molar-refractivity contribution >= 4 is 28.0 Å². The minimum Gasteiger partial charge on any atom is -0.378 e. The van der Waals surface area contributed by atoms with Gasteiger partial charge in [0.15, 0.2) is 5.78 Å². The number of aromatic nitrogens is 1. The van der Waals surface area contributed by atoms with Gasteiger partial charge in [-0.05, 0) is 61.3 Å². The van der Waals surface area contributed by atoms with Crippen molar-refractivity contribution in [3.63, 3.8) is 0 Å². The highest BCUT2D eigenvalue weighted by molar-refractivity contribution is 7.19. The molecule has 0 radical (unpaired) electrons. The van der Waals surface area contributed by atoms with E-state index in [1.165, 1.54) is 0 Å². The molecule has 0 spiro atoms. The Labute approximate surface area is 228 Å². The van der Waals surface area contributed by atoms with Gasteiger partial charge in [0, 0.05) is 55.5 Å². The number of pyridine rings is 1. The van der Waals surface area contributed by atoms with Crippen molar-refractivity contribution in [3.8, 4) is 22.4 Å². The fourth-order valence-electron chi connectivity index (χ4n) is 5.25. The van der Waals surface area contributed by atoms with Gasteiger partial charge < -0.3 is 19.9 Å². The molecule has 0 bridgehead atoms. The Hall–Kier alpha value is -3.07. The number of carbonyl (C=O) groups is 2. The molecule has 38 heavy (non-hydrogen) atoms. The maximum atomic E-state index is 13.2. The summed E-state index contributed by atoms with van der Waals surface area (Å²) in [5, 5.41) is 4.13. The summed E-state index contributed by atoms with van der Waals surface area (Å²) in [6.07, 6.45) is 3.27. The first-order valence-corrected chi connectivity index (χ1v) is 14.0. The molecule has 0 atom stereocenters. The lowest BCUT2D eigenvalue weighted by Crippen LogP contribution is -2.36. The minimum absolute atomic E-state index is 0.0771. The predicted molar refractivity (Wildman–Crippen MR) is 153 cm³/mol. The van der Waals surface area contributed by atoms with Gasteiger partial charge in [-0.15, -0.1) is 11.3 Å². The fraction of sp³-hybridized carbons (Fsp3) is 0.433. The van der Waals surface area contributed by atoms with Crippen LogP contribution in [0.5, 0.6) is 0 Å². The molecule has 200 valence electrons. The number of amides is 1. The summed E-state index contributed by atoms with van der Waals surface area (Å²) >= 11 is 1.63. The molecule has 1 amide bonds. The molecule has 2 aromatic heterocycles. The van der Waals surface area contributed by atoms with Crippen molar-refractivity contribution in [2.45, 2.75) is 26.7 Å². The summed E-state index contributed by atoms with van der Waals surface area (Å²) < 4.78 is 5.62. The van der Waals surface area contributed by atoms with E-state index in [1.54, 1.807) is 11.3 Å². The van der Waals surface area contributed by atoms with Crippen LogP contribution in [0.1, 0.15) is 45.9 Å². The van der Waals surface area contributed by atoms with Gasteiger partial charge >= 0.3 is 0 Å². The zero-order valence-electron chi connectivity index (χ0n) is 22.7. The molecule has 7 nitrogen and oxygen atoms in total. The number of nitrogens with zero attached hydrogens (tertiary/aromatic N) is 3. The van der Waals surface area contributed by atoms with Gasteiger partial charge in [-0.3, -0.25) is 14.6 Å². The van der Waals surface area contributed by atoms with E-state index in [1.807, 2.05) is 55.5 Å². The number of morpholine rings is 1. The zero-order valence-corrected chi connectivity index (χ0v) is 23.5. The summed E-state index contributed by atoms with van der Waals surface area (Å²) in [7, 11) is 3.97. The third-order valence-electron chi connectivity index (χ3n) is 7.15. The number of ketones is 1. The molecular formula is C30H36N4O3S. The van der Waals surface area contributed by atoms with Gasteiger partial charge in [0.2, 0.25) is 0 Å². The predicted octanol–water partition coefficient (Wildman–Crippen LogP) is 4.76. The Morgan fingerprint density at radius 1 is 1.13 bits per heavy atom. The van der Waals surface area contributed by atoms with Crippen LogP contribution in [0.3, 0.4) is 0 Å². The number of likely N-dealkylation sites (N-methyl/N-ethyl adjacent to an activating group) is 1. The highest BCUT2D eigenvalue weighted by Crippen LogP contribution is 2.49. The van der Waals surface area contributed by atoms with Crippen LogP contribution in [0.15, 0.2) is 42.6 Å². The normalized spacial score (nSPS) is 17.0. The maximum absolute atomic E-state index is 13.2. The zero-order chi connectivity index (χ0) is 26.9. The van der Waals surface area contributed by atoms with E-state index < -0.39 is 0 Å². The number of hydrogen-bond acceptors (Lipinski definition) is 7. The summed E-state index contributed by atoms with van der Waals surface area (Å²) in [5.41, 5.74) is 5.59. The number of hydrogen-bond donors (Lipinski definition) is 1. The van der Waals surface area contributed by atoms with Crippen molar-refractivity contribution in [1.29, 1.82) is 0 Å². The molecule has 1 aliphatic heterocycles. The Morgan fingerprint density at radius 3 is 2.68 bits per heavy atom. The summed E-state index contributed by atoms with van der Waals surface area (Å²) in [4.78, 5) is 35.9. The number of ether oxygens (including phenoxy) is 1. The van der Waals surface area contributed by atoms with Crippen molar-refractivity contribution < 1.29 is 14.3 Å². The molecule has 1 N–H and O–H groups in total. The molecule has 2 aliphatic rings. The first-order chi connectivity index (χ1) is 18.2. The summed E-state index contributed by atoms with van der Waals surface area (Å²) in [6.45, 7) is 8.73. The van der Waals surface area contributed by atoms with Crippen LogP contribution in [-0.2, 0) is 11.2 Å². The summed E-state index contributed by atoms with van der Waals surface area (Å²) in [5.74, 6) is 0.149. The highest BCUT2D eigenvalue weighted by Gasteiger charge is 2.37. The average molecular weight is 533 g/mol. The van der Waals surface area contributed by atoms with Gasteiger partial charge in [0.25, 0.3) is 5.91 Å². The highest BCUT2D eigenvalue weighted by atomic mass is 32.1. The lowest BCUT2D eigenvalue weighted by molar-refractivity contribution is 0.0915. The standard InChI is InChI=1S/C30H36N4O3S/c1-30(2)18-23-26(29(34-12-14-37-15-13-34)38-27(23)25(35)19-30)21-8-9-31-24(17-21)20-6-5-7-22(16-20)28(36)32-10-11-33(3)4/h5-9,16-17H,10-15,18-19H2,1-4H3,(H,32,36). The number of thiophene rings is 1. The molecule has 5 rings (SSSR count). The molecule has 1 aromatic carbocycles. The number of nitrogens with one attached hydrogen (secondary N) is 1. The number of carbonyl (C=O) groups excluding carboxylic acids is 2. The van der Waals surface area contributed by atoms with E-state index in [4.69, 9.17) is 4.74 Å². The molecule has 0 saturated carbocycles. The third-order valence-corrected chi connectivity index (χ3v) is 8.48. The van der Waals surface area contributed by atoms with Gasteiger partial charge in [-0.25, -0.2) is 0 Å². The van der Waals surface area contributed by atoms with Crippen molar-refractivity contribution in [1.82, 2.24) is 15.2 Å². The number of rotatable bonds is 7. The lowest BCUT2D eigenvalue weighted by atomic mass is 9.75. The van der Waals surface area contributed by atoms with Crippen LogP contribution < -0.4 is 10.2 Å². The van der Waals surface area contributed by atoms with Gasteiger partial charge in [-0.1, -0.05) is 26.0 Å². The molecule has 8 heteroatoms. The molecule has 1 saturated heterocycles. The van der Waals surface area contributed by atoms with Crippen LogP contribution in [0.2, 0.25) is 0 Å². The van der Waals surface area contributed by atoms with E-state index >= 15 is 0 Å². The SMILES string of the molecule is CN(C)CCNC(=O)c1cccc(-c2cc(-c3c(N4CCOCC4)sc4c3CC(C)(C)CC4=O)ccn2)c1. The lowest BCUT2D eigenvalue weighted by Gasteiger charge is -2.30. The minimum atomic E-state index is -0.0906. The van der Waals surface area contributed by atoms with Crippen LogP contribution >= 0.6 is 11.3 Å². The number of benzene rings is 1. The van der Waals surface area contributed by atoms with Crippen molar-refractivity contribution in [3.05, 3.63) is 58.6 Å². The van der Waals surface area contributed by atoms with E-state index in [9.17, 15) is 9.59 Å². The summed E-state index contributed by atoms with van der Waals surface area (Å²) in [6, 6.07) is 11.8. The van der Waals surface area contributed by atoms with E-state index in [-0.39, 0.29) is 17.1 Å². The second-order valence-corrected chi connectivity index (χ2v) is 12.2. The first kappa shape index (κ1) is 26.5. The second kappa shape index (κ2) is 11.0. The topological polar surface area (TPSA) is 74.8 Å². The molecule has 1 fully saturated rings. The van der Waals surface area contributed by atoms with Gasteiger partial charge in [-0.2, -0.15) is 0 Å². The Balaban J connectivity index is 1.52. The molecule has 3 heterocycles. The molecule has 3 aromatic rings. The monoisotopic (exact) mass is 532 g/mol. The Kier molecular flexibility index (Phi) is 7.66. The van der Waals surface area contributed by atoms with Crippen molar-refractivity contribution in [2.24, 2.45) is 5.41 Å². The van der Waals surface area contributed by atoms with Crippen LogP contribution in [0.4, 0.5) is 5.00 Å². The Morgan fingerprint density at radius 2 is 1.92 bits per heavy atom. The van der Waals surface area contributed by atoms with E-state index in [0.29, 0.717) is 31.7 Å². The van der Waals surface area contributed by atoms with E-state index in [0.717, 1.165) is 63.9 Å². The maximum Gasteiger partial charge on any atom is 0.251 e. The average Bonchev–Trinajstić information content (AvgIpc) is 3.28. The number of fused-ring (bicyclic) bond motifs is 1. The third kappa shape index (κ3) is 5.67. The quantitative estimate of drug-likeness (QED) is 0.473.